The zero-order valence-corrected chi connectivity index (χ0v) is 20.9. The normalized spacial score (nSPS) is 16.6. The second kappa shape index (κ2) is 10.3. The number of benzene rings is 3. The summed E-state index contributed by atoms with van der Waals surface area (Å²) in [5.41, 5.74) is 2.34. The number of aliphatic hydroxyl groups excluding tert-OH is 1. The number of rotatable bonds is 7. The molecule has 190 valence electrons. The van der Waals surface area contributed by atoms with Gasteiger partial charge in [-0.05, 0) is 42.3 Å². The molecule has 38 heavy (non-hydrogen) atoms. The van der Waals surface area contributed by atoms with Crippen LogP contribution in [-0.2, 0) is 16.2 Å². The van der Waals surface area contributed by atoms with Crippen molar-refractivity contribution in [2.24, 2.45) is 0 Å². The third kappa shape index (κ3) is 4.76. The van der Waals surface area contributed by atoms with Crippen molar-refractivity contribution in [3.63, 3.8) is 0 Å². The second-order valence-electron chi connectivity index (χ2n) is 8.64. The molecule has 1 aliphatic rings. The van der Waals surface area contributed by atoms with Crippen molar-refractivity contribution in [3.05, 3.63) is 122 Å². The van der Waals surface area contributed by atoms with Gasteiger partial charge in [0.05, 0.1) is 16.5 Å². The molecule has 1 fully saturated rings. The summed E-state index contributed by atoms with van der Waals surface area (Å²) in [6, 6.07) is 19.0. The van der Waals surface area contributed by atoms with Gasteiger partial charge in [0, 0.05) is 29.3 Å². The Balaban J connectivity index is 1.52. The number of hydrogen-bond donors (Lipinski definition) is 1. The SMILES string of the molecule is Cc1cccc(COc2ccc(/C(O)=C3\C(=O)C(=O)N(c4nccs4)[C@H]3c3cccc([N+](=O)[O-])c3)cc2)c1. The zero-order valence-electron chi connectivity index (χ0n) is 20.1. The van der Waals surface area contributed by atoms with Gasteiger partial charge in [-0.15, -0.1) is 11.3 Å². The highest BCUT2D eigenvalue weighted by atomic mass is 32.1. The van der Waals surface area contributed by atoms with Crippen molar-refractivity contribution < 1.29 is 24.4 Å². The second-order valence-corrected chi connectivity index (χ2v) is 9.51. The molecule has 0 radical (unpaired) electrons. The van der Waals surface area contributed by atoms with E-state index in [0.29, 0.717) is 23.5 Å². The number of nitro benzene ring substituents is 1. The van der Waals surface area contributed by atoms with Gasteiger partial charge in [-0.3, -0.25) is 24.6 Å². The van der Waals surface area contributed by atoms with Crippen molar-refractivity contribution in [1.29, 1.82) is 0 Å². The van der Waals surface area contributed by atoms with Crippen LogP contribution in [0.4, 0.5) is 10.8 Å². The van der Waals surface area contributed by atoms with Crippen molar-refractivity contribution in [2.75, 3.05) is 4.90 Å². The van der Waals surface area contributed by atoms with Crippen LogP contribution in [0.25, 0.3) is 5.76 Å². The fraction of sp³-hybridized carbons (Fsp3) is 0.107. The number of thiazole rings is 1. The van der Waals surface area contributed by atoms with E-state index in [1.807, 2.05) is 31.2 Å². The Bertz CT molecular complexity index is 1560. The number of anilines is 1. The maximum Gasteiger partial charge on any atom is 0.301 e. The molecule has 9 nitrogen and oxygen atoms in total. The predicted octanol–water partition coefficient (Wildman–Crippen LogP) is 5.57. The monoisotopic (exact) mass is 527 g/mol. The van der Waals surface area contributed by atoms with Gasteiger partial charge in [0.1, 0.15) is 18.1 Å². The Kier molecular flexibility index (Phi) is 6.71. The van der Waals surface area contributed by atoms with Crippen LogP contribution in [0.15, 0.2) is 89.9 Å². The maximum atomic E-state index is 13.2. The van der Waals surface area contributed by atoms with E-state index in [2.05, 4.69) is 4.98 Å². The molecule has 1 aromatic heterocycles. The number of ketones is 1. The fourth-order valence-corrected chi connectivity index (χ4v) is 4.99. The molecule has 0 aliphatic carbocycles. The minimum absolute atomic E-state index is 0.181. The van der Waals surface area contributed by atoms with Crippen LogP contribution < -0.4 is 9.64 Å². The number of carbonyl (C=O) groups excluding carboxylic acids is 2. The van der Waals surface area contributed by atoms with Crippen LogP contribution in [0.5, 0.6) is 5.75 Å². The average Bonchev–Trinajstić information content (AvgIpc) is 3.54. The summed E-state index contributed by atoms with van der Waals surface area (Å²) in [4.78, 5) is 42.5. The highest BCUT2D eigenvalue weighted by Crippen LogP contribution is 2.43. The molecule has 0 saturated carbocycles. The van der Waals surface area contributed by atoms with Crippen LogP contribution in [0, 0.1) is 17.0 Å². The molecule has 2 heterocycles. The number of aromatic nitrogens is 1. The van der Waals surface area contributed by atoms with E-state index in [-0.39, 0.29) is 16.4 Å². The summed E-state index contributed by atoms with van der Waals surface area (Å²) in [6.07, 6.45) is 1.49. The lowest BCUT2D eigenvalue weighted by atomic mass is 9.95. The summed E-state index contributed by atoms with van der Waals surface area (Å²) in [7, 11) is 0. The molecule has 1 N–H and O–H groups in total. The van der Waals surface area contributed by atoms with Gasteiger partial charge in [-0.1, -0.05) is 42.0 Å². The van der Waals surface area contributed by atoms with Crippen molar-refractivity contribution in [3.8, 4) is 5.75 Å². The van der Waals surface area contributed by atoms with E-state index < -0.39 is 28.4 Å². The summed E-state index contributed by atoms with van der Waals surface area (Å²) < 4.78 is 5.84. The number of aliphatic hydroxyl groups is 1. The lowest BCUT2D eigenvalue weighted by Crippen LogP contribution is -2.29. The van der Waals surface area contributed by atoms with Crippen molar-refractivity contribution in [1.82, 2.24) is 4.98 Å². The topological polar surface area (TPSA) is 123 Å². The third-order valence-electron chi connectivity index (χ3n) is 6.08. The Morgan fingerprint density at radius 3 is 2.55 bits per heavy atom. The first-order valence-electron chi connectivity index (χ1n) is 11.6. The first-order chi connectivity index (χ1) is 18.3. The molecule has 0 unspecified atom stereocenters. The number of nitrogens with zero attached hydrogens (tertiary/aromatic N) is 3. The Morgan fingerprint density at radius 2 is 1.87 bits per heavy atom. The van der Waals surface area contributed by atoms with Gasteiger partial charge in [0.2, 0.25) is 0 Å². The Labute approximate surface area is 221 Å². The van der Waals surface area contributed by atoms with Crippen LogP contribution in [0.1, 0.15) is 28.3 Å². The number of hydrogen-bond acceptors (Lipinski definition) is 8. The van der Waals surface area contributed by atoms with E-state index in [0.717, 1.165) is 27.4 Å². The number of ether oxygens (including phenoxy) is 1. The molecular weight excluding hydrogens is 506 g/mol. The first-order valence-corrected chi connectivity index (χ1v) is 12.4. The molecule has 0 spiro atoms. The molecular formula is C28H21N3O6S. The molecule has 1 aliphatic heterocycles. The van der Waals surface area contributed by atoms with Crippen molar-refractivity contribution in [2.45, 2.75) is 19.6 Å². The highest BCUT2D eigenvalue weighted by molar-refractivity contribution is 7.14. The largest absolute Gasteiger partial charge is 0.507 e. The number of amides is 1. The number of nitro groups is 1. The summed E-state index contributed by atoms with van der Waals surface area (Å²) in [5.74, 6) is -1.63. The summed E-state index contributed by atoms with van der Waals surface area (Å²) in [5, 5.41) is 24.5. The lowest BCUT2D eigenvalue weighted by molar-refractivity contribution is -0.384. The zero-order chi connectivity index (χ0) is 26.8. The van der Waals surface area contributed by atoms with Crippen LogP contribution in [0.2, 0.25) is 0 Å². The Morgan fingerprint density at radius 1 is 1.11 bits per heavy atom. The van der Waals surface area contributed by atoms with E-state index in [1.165, 1.54) is 24.4 Å². The van der Waals surface area contributed by atoms with Crippen LogP contribution in [0.3, 0.4) is 0 Å². The lowest BCUT2D eigenvalue weighted by Gasteiger charge is -2.22. The molecule has 1 amide bonds. The van der Waals surface area contributed by atoms with Gasteiger partial charge < -0.3 is 9.84 Å². The predicted molar refractivity (Wildman–Crippen MR) is 142 cm³/mol. The van der Waals surface area contributed by atoms with E-state index in [1.54, 1.807) is 35.7 Å². The number of carbonyl (C=O) groups is 2. The Hall–Kier alpha value is -4.83. The third-order valence-corrected chi connectivity index (χ3v) is 6.85. The molecule has 3 aromatic carbocycles. The standard InChI is InChI=1S/C28H21N3O6S/c1-17-4-2-5-18(14-17)16-37-22-10-8-19(9-11-22)25(32)23-24(20-6-3-7-21(15-20)31(35)36)30(27(34)26(23)33)28-29-12-13-38-28/h2-15,24,32H,16H2,1H3/b25-23+/t24-/m0/s1. The van der Waals surface area contributed by atoms with E-state index in [9.17, 15) is 24.8 Å². The van der Waals surface area contributed by atoms with Crippen LogP contribution >= 0.6 is 11.3 Å². The van der Waals surface area contributed by atoms with Gasteiger partial charge in [-0.2, -0.15) is 0 Å². The quantitative estimate of drug-likeness (QED) is 0.110. The van der Waals surface area contributed by atoms with Gasteiger partial charge in [0.15, 0.2) is 5.13 Å². The van der Waals surface area contributed by atoms with Gasteiger partial charge >= 0.3 is 5.91 Å². The first kappa shape index (κ1) is 24.8. The van der Waals surface area contributed by atoms with Crippen LogP contribution in [-0.4, -0.2) is 26.7 Å². The molecule has 1 saturated heterocycles. The fourth-order valence-electron chi connectivity index (χ4n) is 4.32. The van der Waals surface area contributed by atoms with Crippen molar-refractivity contribution >= 4 is 39.6 Å². The summed E-state index contributed by atoms with van der Waals surface area (Å²) >= 11 is 1.14. The maximum absolute atomic E-state index is 13.2. The van der Waals surface area contributed by atoms with Gasteiger partial charge in [0.25, 0.3) is 11.5 Å². The average molecular weight is 528 g/mol. The number of non-ortho nitro benzene ring substituents is 1. The van der Waals surface area contributed by atoms with E-state index in [4.69, 9.17) is 4.74 Å². The summed E-state index contributed by atoms with van der Waals surface area (Å²) in [6.45, 7) is 2.36. The molecule has 4 aromatic rings. The van der Waals surface area contributed by atoms with Gasteiger partial charge in [-0.25, -0.2) is 4.98 Å². The van der Waals surface area contributed by atoms with E-state index >= 15 is 0 Å². The molecule has 0 bridgehead atoms. The molecule has 1 atom stereocenters. The highest BCUT2D eigenvalue weighted by Gasteiger charge is 2.48. The minimum atomic E-state index is -1.10. The molecule has 10 heteroatoms. The number of aryl methyl sites for hydroxylation is 1. The number of Topliss-reactive ketones (excluding diaryl/α,β-unsaturated/α-hetero) is 1. The molecule has 5 rings (SSSR count). The minimum Gasteiger partial charge on any atom is -0.507 e. The smallest absolute Gasteiger partial charge is 0.301 e.